The number of carbonyl (C=O) groups is 1. The molecule has 0 aromatic heterocycles. The number of nitrogen functional groups attached to an aromatic ring is 1. The molecule has 2 N–H and O–H groups in total. The zero-order chi connectivity index (χ0) is 17.1. The molecule has 4 heteroatoms. The third-order valence-electron chi connectivity index (χ3n) is 4.89. The minimum absolute atomic E-state index is 0.162. The molecule has 2 aromatic carbocycles. The number of nitrogens with zero attached hydrogens (tertiary/aromatic N) is 2. The van der Waals surface area contributed by atoms with E-state index in [2.05, 4.69) is 41.8 Å². The van der Waals surface area contributed by atoms with Gasteiger partial charge in [0.25, 0.3) is 0 Å². The number of carbonyl (C=O) groups excluding carboxylic acids is 1. The number of hydrogen-bond acceptors (Lipinski definition) is 4. The summed E-state index contributed by atoms with van der Waals surface area (Å²) in [7, 11) is 0. The Hall–Kier alpha value is -2.33. The molecule has 1 heterocycles. The third kappa shape index (κ3) is 3.60. The molecule has 126 valence electrons. The number of aryl methyl sites for hydroxylation is 1. The van der Waals surface area contributed by atoms with Gasteiger partial charge < -0.3 is 10.6 Å². The summed E-state index contributed by atoms with van der Waals surface area (Å²) in [5.41, 5.74) is 11.1. The second kappa shape index (κ2) is 7.05. The van der Waals surface area contributed by atoms with Crippen LogP contribution >= 0.6 is 0 Å². The van der Waals surface area contributed by atoms with Crippen molar-refractivity contribution in [3.63, 3.8) is 0 Å². The summed E-state index contributed by atoms with van der Waals surface area (Å²) >= 11 is 0. The molecule has 1 saturated heterocycles. The lowest BCUT2D eigenvalue weighted by Crippen LogP contribution is -2.48. The maximum Gasteiger partial charge on any atom is 0.176 e. The minimum atomic E-state index is 0.162. The summed E-state index contributed by atoms with van der Waals surface area (Å²) in [6, 6.07) is 13.7. The molecular formula is C20H25N3O. The van der Waals surface area contributed by atoms with Crippen molar-refractivity contribution < 1.29 is 4.79 Å². The molecule has 4 nitrogen and oxygen atoms in total. The van der Waals surface area contributed by atoms with Gasteiger partial charge in [-0.05, 0) is 55.3 Å². The molecule has 1 aliphatic rings. The lowest BCUT2D eigenvalue weighted by molar-refractivity contribution is 0.0926. The lowest BCUT2D eigenvalue weighted by Gasteiger charge is -2.36. The summed E-state index contributed by atoms with van der Waals surface area (Å²) in [6.07, 6.45) is 0. The molecule has 0 unspecified atom stereocenters. The zero-order valence-corrected chi connectivity index (χ0v) is 14.5. The summed E-state index contributed by atoms with van der Waals surface area (Å²) < 4.78 is 0. The number of piperazine rings is 1. The van der Waals surface area contributed by atoms with Gasteiger partial charge in [0, 0.05) is 43.1 Å². The first-order valence-electron chi connectivity index (χ1n) is 8.47. The summed E-state index contributed by atoms with van der Waals surface area (Å²) in [4.78, 5) is 17.0. The van der Waals surface area contributed by atoms with Gasteiger partial charge in [0.05, 0.1) is 6.54 Å². The van der Waals surface area contributed by atoms with Gasteiger partial charge >= 0.3 is 0 Å². The molecule has 0 aliphatic carbocycles. The molecule has 0 atom stereocenters. The first-order chi connectivity index (χ1) is 11.5. The molecule has 0 spiro atoms. The third-order valence-corrected chi connectivity index (χ3v) is 4.89. The van der Waals surface area contributed by atoms with Crippen LogP contribution in [0.2, 0.25) is 0 Å². The van der Waals surface area contributed by atoms with E-state index in [0.29, 0.717) is 12.2 Å². The summed E-state index contributed by atoms with van der Waals surface area (Å²) in [5.74, 6) is 0.162. The molecule has 1 fully saturated rings. The van der Waals surface area contributed by atoms with Crippen molar-refractivity contribution in [2.45, 2.75) is 13.8 Å². The number of ketones is 1. The van der Waals surface area contributed by atoms with Gasteiger partial charge in [-0.1, -0.05) is 12.1 Å². The van der Waals surface area contributed by atoms with Crippen molar-refractivity contribution in [2.75, 3.05) is 43.4 Å². The molecule has 1 aliphatic heterocycles. The van der Waals surface area contributed by atoms with Crippen LogP contribution in [0.1, 0.15) is 21.5 Å². The smallest absolute Gasteiger partial charge is 0.176 e. The van der Waals surface area contributed by atoms with E-state index in [-0.39, 0.29) is 5.78 Å². The van der Waals surface area contributed by atoms with Gasteiger partial charge in [-0.3, -0.25) is 9.69 Å². The van der Waals surface area contributed by atoms with Crippen LogP contribution < -0.4 is 10.6 Å². The van der Waals surface area contributed by atoms with Crippen LogP contribution in [0.25, 0.3) is 0 Å². The van der Waals surface area contributed by atoms with Crippen LogP contribution in [0.3, 0.4) is 0 Å². The van der Waals surface area contributed by atoms with Crippen LogP contribution in [0.15, 0.2) is 42.5 Å². The molecule has 0 saturated carbocycles. The van der Waals surface area contributed by atoms with Gasteiger partial charge in [0.1, 0.15) is 0 Å². The zero-order valence-electron chi connectivity index (χ0n) is 14.5. The van der Waals surface area contributed by atoms with Crippen molar-refractivity contribution >= 4 is 17.2 Å². The maximum atomic E-state index is 12.4. The Kier molecular flexibility index (Phi) is 4.86. The normalized spacial score (nSPS) is 15.5. The number of hydrogen-bond donors (Lipinski definition) is 1. The minimum Gasteiger partial charge on any atom is -0.399 e. The van der Waals surface area contributed by atoms with Crippen molar-refractivity contribution in [3.8, 4) is 0 Å². The highest BCUT2D eigenvalue weighted by Gasteiger charge is 2.20. The van der Waals surface area contributed by atoms with Crippen molar-refractivity contribution in [2.24, 2.45) is 0 Å². The lowest BCUT2D eigenvalue weighted by atomic mass is 10.1. The average molecular weight is 323 g/mol. The SMILES string of the molecule is Cc1cccc(N2CCN(CC(=O)c3ccc(N)cc3)CC2)c1C. The van der Waals surface area contributed by atoms with Crippen molar-refractivity contribution in [1.82, 2.24) is 4.90 Å². The number of benzene rings is 2. The standard InChI is InChI=1S/C20H25N3O/c1-15-4-3-5-19(16(15)2)23-12-10-22(11-13-23)14-20(24)17-6-8-18(21)9-7-17/h3-9H,10-14,21H2,1-2H3. The van der Waals surface area contributed by atoms with E-state index in [1.165, 1.54) is 16.8 Å². The fourth-order valence-electron chi connectivity index (χ4n) is 3.19. The topological polar surface area (TPSA) is 49.6 Å². The first-order valence-corrected chi connectivity index (χ1v) is 8.47. The van der Waals surface area contributed by atoms with E-state index in [1.807, 2.05) is 12.1 Å². The summed E-state index contributed by atoms with van der Waals surface area (Å²) in [5, 5.41) is 0. The fourth-order valence-corrected chi connectivity index (χ4v) is 3.19. The van der Waals surface area contributed by atoms with Crippen molar-refractivity contribution in [3.05, 3.63) is 59.2 Å². The largest absolute Gasteiger partial charge is 0.399 e. The fraction of sp³-hybridized carbons (Fsp3) is 0.350. The summed E-state index contributed by atoms with van der Waals surface area (Å²) in [6.45, 7) is 8.55. The van der Waals surface area contributed by atoms with Crippen molar-refractivity contribution in [1.29, 1.82) is 0 Å². The highest BCUT2D eigenvalue weighted by atomic mass is 16.1. The van der Waals surface area contributed by atoms with Gasteiger partial charge in [0.2, 0.25) is 0 Å². The highest BCUT2D eigenvalue weighted by Crippen LogP contribution is 2.23. The quantitative estimate of drug-likeness (QED) is 0.694. The molecule has 0 bridgehead atoms. The van der Waals surface area contributed by atoms with Gasteiger partial charge in [0.15, 0.2) is 5.78 Å². The van der Waals surface area contributed by atoms with Gasteiger partial charge in [-0.25, -0.2) is 0 Å². The number of Topliss-reactive ketones (excluding diaryl/α,β-unsaturated/α-hetero) is 1. The van der Waals surface area contributed by atoms with E-state index in [1.54, 1.807) is 12.1 Å². The van der Waals surface area contributed by atoms with E-state index < -0.39 is 0 Å². The van der Waals surface area contributed by atoms with Crippen LogP contribution in [-0.4, -0.2) is 43.4 Å². The second-order valence-corrected chi connectivity index (χ2v) is 6.53. The molecule has 0 amide bonds. The number of rotatable bonds is 4. The maximum absolute atomic E-state index is 12.4. The van der Waals surface area contributed by atoms with Crippen LogP contribution in [0.4, 0.5) is 11.4 Å². The van der Waals surface area contributed by atoms with E-state index in [9.17, 15) is 4.79 Å². The van der Waals surface area contributed by atoms with Crippen LogP contribution in [0.5, 0.6) is 0 Å². The van der Waals surface area contributed by atoms with Crippen LogP contribution in [-0.2, 0) is 0 Å². The Labute approximate surface area is 143 Å². The van der Waals surface area contributed by atoms with Gasteiger partial charge in [-0.2, -0.15) is 0 Å². The predicted octanol–water partition coefficient (Wildman–Crippen LogP) is 2.89. The second-order valence-electron chi connectivity index (χ2n) is 6.53. The first kappa shape index (κ1) is 16.5. The highest BCUT2D eigenvalue weighted by molar-refractivity contribution is 5.97. The predicted molar refractivity (Wildman–Crippen MR) is 99.8 cm³/mol. The Morgan fingerprint density at radius 1 is 1.00 bits per heavy atom. The Balaban J connectivity index is 1.58. The van der Waals surface area contributed by atoms with E-state index in [4.69, 9.17) is 5.73 Å². The van der Waals surface area contributed by atoms with E-state index in [0.717, 1.165) is 31.7 Å². The van der Waals surface area contributed by atoms with Gasteiger partial charge in [-0.15, -0.1) is 0 Å². The molecular weight excluding hydrogens is 298 g/mol. The molecule has 3 rings (SSSR count). The van der Waals surface area contributed by atoms with Crippen LogP contribution in [0, 0.1) is 13.8 Å². The molecule has 0 radical (unpaired) electrons. The molecule has 2 aromatic rings. The Morgan fingerprint density at radius 2 is 1.67 bits per heavy atom. The van der Waals surface area contributed by atoms with E-state index >= 15 is 0 Å². The molecule has 24 heavy (non-hydrogen) atoms. The number of anilines is 2. The Bertz CT molecular complexity index is 716. The number of nitrogens with two attached hydrogens (primary N) is 1. The average Bonchev–Trinajstić information content (AvgIpc) is 2.59. The Morgan fingerprint density at radius 3 is 2.33 bits per heavy atom. The monoisotopic (exact) mass is 323 g/mol.